The summed E-state index contributed by atoms with van der Waals surface area (Å²) < 4.78 is 11.6. The van der Waals surface area contributed by atoms with Crippen LogP contribution in [0, 0.1) is 0 Å². The van der Waals surface area contributed by atoms with Gasteiger partial charge in [-0.2, -0.15) is 4.89 Å². The standard InChI is InChI=1S/C21H27O3P/c1-20(2,3)16-12-14(13-17(19(16)22)21(4,5)6)11-15-9-7-8-10-18(15)25(23)24/h7-10,12-13H,11H2,1-6H3,(H-,22,23,24)/p+1. The average molecular weight is 359 g/mol. The third-order valence-corrected chi connectivity index (χ3v) is 5.23. The maximum absolute atomic E-state index is 11.6. The Morgan fingerprint density at radius 3 is 1.84 bits per heavy atom. The molecule has 4 heteroatoms. The molecule has 0 aliphatic rings. The molecule has 0 bridgehead atoms. The monoisotopic (exact) mass is 359 g/mol. The maximum Gasteiger partial charge on any atom is 0.546 e. The van der Waals surface area contributed by atoms with Crippen molar-refractivity contribution in [2.24, 2.45) is 0 Å². The van der Waals surface area contributed by atoms with E-state index < -0.39 is 8.03 Å². The first-order chi connectivity index (χ1) is 11.4. The second-order valence-corrected chi connectivity index (χ2v) is 9.65. The first kappa shape index (κ1) is 19.6. The van der Waals surface area contributed by atoms with Gasteiger partial charge in [0.15, 0.2) is 0 Å². The smallest absolute Gasteiger partial charge is 0.507 e. The number of aromatic hydroxyl groups is 1. The van der Waals surface area contributed by atoms with Gasteiger partial charge in [-0.05, 0) is 38.2 Å². The Bertz CT molecular complexity index is 761. The molecule has 3 nitrogen and oxygen atoms in total. The van der Waals surface area contributed by atoms with Gasteiger partial charge in [-0.15, -0.1) is 0 Å². The molecule has 2 aromatic carbocycles. The lowest BCUT2D eigenvalue weighted by Crippen LogP contribution is -2.18. The average Bonchev–Trinajstić information content (AvgIpc) is 2.47. The molecule has 0 spiro atoms. The Morgan fingerprint density at radius 2 is 1.40 bits per heavy atom. The highest BCUT2D eigenvalue weighted by molar-refractivity contribution is 7.47. The number of benzene rings is 2. The summed E-state index contributed by atoms with van der Waals surface area (Å²) in [5.41, 5.74) is 3.30. The van der Waals surface area contributed by atoms with Crippen LogP contribution in [-0.2, 0) is 21.8 Å². The first-order valence-electron chi connectivity index (χ1n) is 8.52. The van der Waals surface area contributed by atoms with Gasteiger partial charge < -0.3 is 5.11 Å². The SMILES string of the molecule is CC(C)(C)c1cc(Cc2ccccc2[P+](=O)O)cc(C(C)(C)C)c1O. The predicted octanol–water partition coefficient (Wildman–Crippen LogP) is 4.94. The van der Waals surface area contributed by atoms with Crippen LogP contribution >= 0.6 is 8.03 Å². The zero-order chi connectivity index (χ0) is 19.0. The van der Waals surface area contributed by atoms with Crippen molar-refractivity contribution in [3.8, 4) is 5.75 Å². The van der Waals surface area contributed by atoms with Crippen molar-refractivity contribution < 1.29 is 14.6 Å². The summed E-state index contributed by atoms with van der Waals surface area (Å²) in [7, 11) is -2.38. The van der Waals surface area contributed by atoms with Crippen molar-refractivity contribution >= 4 is 13.3 Å². The molecule has 0 aliphatic carbocycles. The lowest BCUT2D eigenvalue weighted by Gasteiger charge is -2.28. The molecular weight excluding hydrogens is 331 g/mol. The van der Waals surface area contributed by atoms with E-state index in [9.17, 15) is 14.6 Å². The first-order valence-corrected chi connectivity index (χ1v) is 9.73. The van der Waals surface area contributed by atoms with Crippen LogP contribution in [0.1, 0.15) is 63.8 Å². The number of hydrogen-bond donors (Lipinski definition) is 2. The van der Waals surface area contributed by atoms with Gasteiger partial charge in [-0.25, -0.2) is 0 Å². The van der Waals surface area contributed by atoms with E-state index in [2.05, 4.69) is 41.5 Å². The Balaban J connectivity index is 2.62. The van der Waals surface area contributed by atoms with Crippen LogP contribution in [0.25, 0.3) is 0 Å². The maximum atomic E-state index is 11.6. The van der Waals surface area contributed by atoms with E-state index in [1.807, 2.05) is 24.3 Å². The van der Waals surface area contributed by atoms with E-state index in [-0.39, 0.29) is 10.8 Å². The molecule has 0 aliphatic heterocycles. The molecule has 1 atom stereocenters. The fraction of sp³-hybridized carbons (Fsp3) is 0.429. The van der Waals surface area contributed by atoms with Crippen molar-refractivity contribution in [1.82, 2.24) is 0 Å². The van der Waals surface area contributed by atoms with Gasteiger partial charge in [-0.3, -0.25) is 0 Å². The van der Waals surface area contributed by atoms with Crippen LogP contribution in [0.4, 0.5) is 0 Å². The fourth-order valence-corrected chi connectivity index (χ4v) is 3.62. The topological polar surface area (TPSA) is 57.5 Å². The highest BCUT2D eigenvalue weighted by Crippen LogP contribution is 2.40. The minimum atomic E-state index is -2.38. The summed E-state index contributed by atoms with van der Waals surface area (Å²) in [6.45, 7) is 12.5. The molecule has 0 saturated heterocycles. The van der Waals surface area contributed by atoms with Crippen molar-refractivity contribution in [3.63, 3.8) is 0 Å². The molecular formula is C21H28O3P+. The van der Waals surface area contributed by atoms with Crippen molar-refractivity contribution in [3.05, 3.63) is 58.7 Å². The lowest BCUT2D eigenvalue weighted by molar-refractivity contribution is 0.423. The van der Waals surface area contributed by atoms with E-state index in [4.69, 9.17) is 0 Å². The van der Waals surface area contributed by atoms with Crippen LogP contribution < -0.4 is 5.30 Å². The lowest BCUT2D eigenvalue weighted by atomic mass is 9.78. The Hall–Kier alpha value is -1.70. The third kappa shape index (κ3) is 4.48. The van der Waals surface area contributed by atoms with E-state index in [0.29, 0.717) is 17.5 Å². The number of hydrogen-bond acceptors (Lipinski definition) is 2. The Kier molecular flexibility index (Phi) is 5.41. The van der Waals surface area contributed by atoms with Gasteiger partial charge in [0.1, 0.15) is 5.75 Å². The van der Waals surface area contributed by atoms with Crippen LogP contribution in [-0.4, -0.2) is 10.00 Å². The molecule has 0 fully saturated rings. The molecule has 0 amide bonds. The van der Waals surface area contributed by atoms with Crippen LogP contribution in [0.15, 0.2) is 36.4 Å². The van der Waals surface area contributed by atoms with Crippen LogP contribution in [0.5, 0.6) is 5.75 Å². The third-order valence-electron chi connectivity index (χ3n) is 4.38. The number of phenols is 1. The molecule has 0 aromatic heterocycles. The Labute approximate surface area is 151 Å². The van der Waals surface area contributed by atoms with Crippen molar-refractivity contribution in [2.45, 2.75) is 58.8 Å². The molecule has 2 rings (SSSR count). The fourth-order valence-electron chi connectivity index (χ4n) is 3.01. The second-order valence-electron chi connectivity index (χ2n) is 8.62. The van der Waals surface area contributed by atoms with Gasteiger partial charge in [0.25, 0.3) is 0 Å². The molecule has 134 valence electrons. The Morgan fingerprint density at radius 1 is 0.920 bits per heavy atom. The summed E-state index contributed by atoms with van der Waals surface area (Å²) in [6, 6.07) is 11.3. The molecule has 0 saturated carbocycles. The van der Waals surface area contributed by atoms with E-state index in [1.54, 1.807) is 12.1 Å². The number of rotatable bonds is 3. The number of phenolic OH excluding ortho intramolecular Hbond substituents is 1. The summed E-state index contributed by atoms with van der Waals surface area (Å²) in [5.74, 6) is 0.352. The van der Waals surface area contributed by atoms with Crippen LogP contribution in [0.2, 0.25) is 0 Å². The van der Waals surface area contributed by atoms with Crippen LogP contribution in [0.3, 0.4) is 0 Å². The minimum Gasteiger partial charge on any atom is -0.507 e. The van der Waals surface area contributed by atoms with Gasteiger partial charge in [0.2, 0.25) is 5.30 Å². The quantitative estimate of drug-likeness (QED) is 0.763. The summed E-state index contributed by atoms with van der Waals surface area (Å²) in [6.07, 6.45) is 0.560. The van der Waals surface area contributed by atoms with E-state index in [0.717, 1.165) is 22.3 Å². The van der Waals surface area contributed by atoms with Crippen molar-refractivity contribution in [1.29, 1.82) is 0 Å². The van der Waals surface area contributed by atoms with Gasteiger partial charge in [0, 0.05) is 12.0 Å². The van der Waals surface area contributed by atoms with E-state index in [1.165, 1.54) is 0 Å². The molecule has 0 radical (unpaired) electrons. The molecule has 2 N–H and O–H groups in total. The molecule has 25 heavy (non-hydrogen) atoms. The summed E-state index contributed by atoms with van der Waals surface area (Å²) >= 11 is 0. The van der Waals surface area contributed by atoms with E-state index >= 15 is 0 Å². The van der Waals surface area contributed by atoms with Gasteiger partial charge in [-0.1, -0.05) is 71.9 Å². The van der Waals surface area contributed by atoms with Gasteiger partial charge in [0.05, 0.1) is 0 Å². The minimum absolute atomic E-state index is 0.193. The molecule has 0 heterocycles. The largest absolute Gasteiger partial charge is 0.546 e. The summed E-state index contributed by atoms with van der Waals surface area (Å²) in [4.78, 5) is 9.56. The zero-order valence-electron chi connectivity index (χ0n) is 15.9. The van der Waals surface area contributed by atoms with Gasteiger partial charge >= 0.3 is 8.03 Å². The molecule has 1 unspecified atom stereocenters. The van der Waals surface area contributed by atoms with Crippen molar-refractivity contribution in [2.75, 3.05) is 0 Å². The summed E-state index contributed by atoms with van der Waals surface area (Å²) in [5, 5.41) is 11.3. The highest BCUT2D eigenvalue weighted by Gasteiger charge is 2.27. The normalized spacial score (nSPS) is 13.0. The highest BCUT2D eigenvalue weighted by atomic mass is 31.1. The zero-order valence-corrected chi connectivity index (χ0v) is 16.8. The molecule has 2 aromatic rings. The second kappa shape index (κ2) is 6.90. The predicted molar refractivity (Wildman–Crippen MR) is 104 cm³/mol.